The predicted octanol–water partition coefficient (Wildman–Crippen LogP) is 11.2. The van der Waals surface area contributed by atoms with Crippen LogP contribution in [0.4, 0.5) is 0 Å². The lowest BCUT2D eigenvalue weighted by molar-refractivity contribution is 0.00578. The first-order valence-corrected chi connectivity index (χ1v) is 19.1. The molecule has 0 atom stereocenters. The highest BCUT2D eigenvalue weighted by molar-refractivity contribution is 7.99. The van der Waals surface area contributed by atoms with Crippen LogP contribution in [-0.4, -0.2) is 18.3 Å². The van der Waals surface area contributed by atoms with E-state index in [1.807, 2.05) is 36.0 Å². The zero-order valence-corrected chi connectivity index (χ0v) is 30.9. The number of hydrogen-bond acceptors (Lipinski definition) is 4. The van der Waals surface area contributed by atoms with Crippen LogP contribution in [0.1, 0.15) is 55.5 Å². The summed E-state index contributed by atoms with van der Waals surface area (Å²) < 4.78 is 13.3. The maximum Gasteiger partial charge on any atom is 0.494 e. The molecular formula is C48H36BNO2S. The molecule has 0 amide bonds. The van der Waals surface area contributed by atoms with Gasteiger partial charge in [0.1, 0.15) is 0 Å². The summed E-state index contributed by atoms with van der Waals surface area (Å²) >= 11 is 1.86. The third-order valence-electron chi connectivity index (χ3n) is 12.1. The average Bonchev–Trinajstić information content (AvgIpc) is 3.60. The van der Waals surface area contributed by atoms with Crippen LogP contribution in [0.15, 0.2) is 155 Å². The smallest absolute Gasteiger partial charge is 0.399 e. The Labute approximate surface area is 315 Å². The van der Waals surface area contributed by atoms with Crippen LogP contribution in [0.2, 0.25) is 0 Å². The van der Waals surface area contributed by atoms with Gasteiger partial charge in [0, 0.05) is 9.79 Å². The van der Waals surface area contributed by atoms with Crippen molar-refractivity contribution >= 4 is 35.1 Å². The molecule has 1 spiro atoms. The van der Waals surface area contributed by atoms with Crippen molar-refractivity contribution in [1.82, 2.24) is 0 Å². The molecule has 7 aromatic rings. The molecule has 0 aromatic heterocycles. The van der Waals surface area contributed by atoms with Crippen LogP contribution in [-0.2, 0) is 14.7 Å². The van der Waals surface area contributed by atoms with E-state index in [1.165, 1.54) is 65.1 Å². The molecule has 10 rings (SSSR count). The Morgan fingerprint density at radius 1 is 0.528 bits per heavy atom. The van der Waals surface area contributed by atoms with Crippen LogP contribution >= 0.6 is 11.8 Å². The minimum absolute atomic E-state index is 0.448. The van der Waals surface area contributed by atoms with Gasteiger partial charge < -0.3 is 9.31 Å². The molecule has 1 aliphatic carbocycles. The molecule has 254 valence electrons. The van der Waals surface area contributed by atoms with Crippen LogP contribution in [0, 0.1) is 11.3 Å². The monoisotopic (exact) mass is 701 g/mol. The summed E-state index contributed by atoms with van der Waals surface area (Å²) in [6.45, 7) is 8.47. The van der Waals surface area contributed by atoms with E-state index in [0.29, 0.717) is 5.56 Å². The molecule has 2 aliphatic heterocycles. The lowest BCUT2D eigenvalue weighted by Gasteiger charge is -2.39. The van der Waals surface area contributed by atoms with E-state index >= 15 is 0 Å². The molecular weight excluding hydrogens is 665 g/mol. The van der Waals surface area contributed by atoms with Gasteiger partial charge in [0.2, 0.25) is 0 Å². The van der Waals surface area contributed by atoms with Crippen LogP contribution in [0.25, 0.3) is 44.2 Å². The third-order valence-corrected chi connectivity index (χ3v) is 13.2. The van der Waals surface area contributed by atoms with Crippen LogP contribution < -0.4 is 5.46 Å². The molecule has 0 bridgehead atoms. The molecule has 1 fully saturated rings. The lowest BCUT2D eigenvalue weighted by Crippen LogP contribution is -2.41. The number of fused-ring (bicyclic) bond motifs is 10. The maximum absolute atomic E-state index is 9.43. The minimum atomic E-state index is -0.545. The third kappa shape index (κ3) is 4.56. The Kier molecular flexibility index (Phi) is 7.04. The predicted molar refractivity (Wildman–Crippen MR) is 217 cm³/mol. The highest BCUT2D eigenvalue weighted by Gasteiger charge is 2.54. The summed E-state index contributed by atoms with van der Waals surface area (Å²) in [4.78, 5) is 2.54. The summed E-state index contributed by atoms with van der Waals surface area (Å²) in [7, 11) is -0.479. The Bertz CT molecular complexity index is 2630. The molecule has 7 aromatic carbocycles. The second-order valence-corrected chi connectivity index (χ2v) is 16.4. The summed E-state index contributed by atoms with van der Waals surface area (Å²) in [5.74, 6) is 0. The maximum atomic E-state index is 9.43. The Balaban J connectivity index is 1.26. The number of hydrogen-bond donors (Lipinski definition) is 0. The van der Waals surface area contributed by atoms with Crippen molar-refractivity contribution in [2.24, 2.45) is 0 Å². The van der Waals surface area contributed by atoms with E-state index in [2.05, 4.69) is 155 Å². The number of rotatable bonds is 3. The van der Waals surface area contributed by atoms with Crippen molar-refractivity contribution in [3.63, 3.8) is 0 Å². The highest BCUT2D eigenvalue weighted by Crippen LogP contribution is 2.63. The van der Waals surface area contributed by atoms with Gasteiger partial charge in [-0.2, -0.15) is 5.26 Å². The van der Waals surface area contributed by atoms with Gasteiger partial charge in [-0.15, -0.1) is 0 Å². The van der Waals surface area contributed by atoms with Crippen molar-refractivity contribution in [1.29, 1.82) is 5.26 Å². The second kappa shape index (κ2) is 11.6. The van der Waals surface area contributed by atoms with Gasteiger partial charge >= 0.3 is 7.12 Å². The number of benzene rings is 7. The van der Waals surface area contributed by atoms with Gasteiger partial charge in [-0.25, -0.2) is 0 Å². The number of nitrogens with zero attached hydrogens (tertiary/aromatic N) is 1. The molecule has 0 unspecified atom stereocenters. The fraction of sp³-hybridized carbons (Fsp3) is 0.146. The van der Waals surface area contributed by atoms with Gasteiger partial charge in [0.25, 0.3) is 0 Å². The normalized spacial score (nSPS) is 16.8. The SMILES string of the molecule is CC1(C)OB(c2ccc3c(c2)C2(c4ccccc4Sc4ccccc42)c2cccc(-c4ccc(-c5ccc(C#N)cc5)c5ccccc45)c2-3)OC1(C)C. The topological polar surface area (TPSA) is 42.2 Å². The summed E-state index contributed by atoms with van der Waals surface area (Å²) in [6.07, 6.45) is 0. The van der Waals surface area contributed by atoms with Gasteiger partial charge in [-0.05, 0) is 124 Å². The molecule has 3 nitrogen and oxygen atoms in total. The van der Waals surface area contributed by atoms with E-state index in [4.69, 9.17) is 9.31 Å². The Hall–Kier alpha value is -5.38. The van der Waals surface area contributed by atoms with Gasteiger partial charge in [0.05, 0.1) is 28.2 Å². The molecule has 2 heterocycles. The first kappa shape index (κ1) is 32.3. The van der Waals surface area contributed by atoms with Gasteiger partial charge in [-0.3, -0.25) is 0 Å². The van der Waals surface area contributed by atoms with E-state index < -0.39 is 23.7 Å². The molecule has 0 N–H and O–H groups in total. The number of nitriles is 1. The van der Waals surface area contributed by atoms with Crippen molar-refractivity contribution in [3.05, 3.63) is 173 Å². The minimum Gasteiger partial charge on any atom is -0.399 e. The van der Waals surface area contributed by atoms with E-state index in [1.54, 1.807) is 0 Å². The molecule has 53 heavy (non-hydrogen) atoms. The molecule has 3 aliphatic rings. The molecule has 0 saturated carbocycles. The fourth-order valence-corrected chi connectivity index (χ4v) is 10.0. The largest absolute Gasteiger partial charge is 0.494 e. The highest BCUT2D eigenvalue weighted by atomic mass is 32.2. The van der Waals surface area contributed by atoms with Gasteiger partial charge in [-0.1, -0.05) is 133 Å². The molecule has 0 radical (unpaired) electrons. The standard InChI is InChI=1S/C48H36BNO2S/c1-46(2)47(3,4)52-49(51-46)32-24-25-38-42(28-32)48(39-15-7-9-18-43(39)53-44-19-10-8-16-40(44)48)41-17-11-14-37(45(38)41)36-27-26-33(34-12-5-6-13-35(34)36)31-22-20-30(29-50)21-23-31/h5-28H,1-4H3. The van der Waals surface area contributed by atoms with Crippen molar-refractivity contribution in [2.75, 3.05) is 0 Å². The zero-order chi connectivity index (χ0) is 36.1. The average molecular weight is 702 g/mol. The van der Waals surface area contributed by atoms with E-state index in [9.17, 15) is 5.26 Å². The van der Waals surface area contributed by atoms with Crippen molar-refractivity contribution < 1.29 is 9.31 Å². The first-order chi connectivity index (χ1) is 25.7. The lowest BCUT2D eigenvalue weighted by atomic mass is 9.66. The second-order valence-electron chi connectivity index (χ2n) is 15.4. The zero-order valence-electron chi connectivity index (χ0n) is 30.1. The van der Waals surface area contributed by atoms with Gasteiger partial charge in [0.15, 0.2) is 0 Å². The summed E-state index contributed by atoms with van der Waals surface area (Å²) in [5, 5.41) is 11.8. The quantitative estimate of drug-likeness (QED) is 0.172. The Morgan fingerprint density at radius 2 is 1.09 bits per heavy atom. The molecule has 5 heteroatoms. The Morgan fingerprint density at radius 3 is 1.75 bits per heavy atom. The first-order valence-electron chi connectivity index (χ1n) is 18.2. The van der Waals surface area contributed by atoms with Crippen LogP contribution in [0.3, 0.4) is 0 Å². The van der Waals surface area contributed by atoms with Crippen LogP contribution in [0.5, 0.6) is 0 Å². The summed E-state index contributed by atoms with van der Waals surface area (Å²) in [6, 6.07) is 55.0. The van der Waals surface area contributed by atoms with Crippen molar-refractivity contribution in [2.45, 2.75) is 54.1 Å². The van der Waals surface area contributed by atoms with E-state index in [-0.39, 0.29) is 0 Å². The molecule has 1 saturated heterocycles. The summed E-state index contributed by atoms with van der Waals surface area (Å²) in [5.41, 5.74) is 12.5. The van der Waals surface area contributed by atoms with Crippen molar-refractivity contribution in [3.8, 4) is 39.4 Å². The fourth-order valence-electron chi connectivity index (χ4n) is 8.83. The van der Waals surface area contributed by atoms with E-state index in [0.717, 1.165) is 16.6 Å².